The molecule has 0 saturated carbocycles. The van der Waals surface area contributed by atoms with Crippen LogP contribution in [0, 0.1) is 6.92 Å². The molecule has 0 radical (unpaired) electrons. The third-order valence-electron chi connectivity index (χ3n) is 4.21. The first-order valence-corrected chi connectivity index (χ1v) is 9.07. The average molecular weight is 359 g/mol. The van der Waals surface area contributed by atoms with Gasteiger partial charge in [-0.15, -0.1) is 11.3 Å². The molecule has 0 unspecified atom stereocenters. The zero-order chi connectivity index (χ0) is 18.0. The maximum Gasteiger partial charge on any atom is 0.349 e. The van der Waals surface area contributed by atoms with Gasteiger partial charge in [-0.2, -0.15) is 0 Å². The Hall–Kier alpha value is -2.34. The molecule has 1 N–H and O–H groups in total. The van der Waals surface area contributed by atoms with E-state index in [0.29, 0.717) is 16.3 Å². The Bertz CT molecular complexity index is 790. The van der Waals surface area contributed by atoms with E-state index < -0.39 is 12.1 Å². The highest BCUT2D eigenvalue weighted by Crippen LogP contribution is 2.31. The number of benzene rings is 1. The number of nitrogens with one attached hydrogen (secondary N) is 1. The molecule has 1 atom stereocenters. The van der Waals surface area contributed by atoms with Gasteiger partial charge in [-0.3, -0.25) is 4.79 Å². The molecule has 2 aromatic rings. The van der Waals surface area contributed by atoms with E-state index >= 15 is 0 Å². The molecule has 6 heteroatoms. The number of ether oxygens (including phenoxy) is 2. The lowest BCUT2D eigenvalue weighted by molar-refractivity contribution is -0.123. The summed E-state index contributed by atoms with van der Waals surface area (Å²) in [5.41, 5.74) is 2.79. The molecule has 3 rings (SSSR count). The van der Waals surface area contributed by atoms with Gasteiger partial charge in [0.2, 0.25) is 0 Å². The third kappa shape index (κ3) is 3.85. The van der Waals surface area contributed by atoms with E-state index in [2.05, 4.69) is 5.32 Å². The van der Waals surface area contributed by atoms with Crippen molar-refractivity contribution < 1.29 is 19.1 Å². The topological polar surface area (TPSA) is 64.6 Å². The molecule has 25 heavy (non-hydrogen) atoms. The highest BCUT2D eigenvalue weighted by atomic mass is 32.1. The summed E-state index contributed by atoms with van der Waals surface area (Å²) in [7, 11) is 1.54. The fourth-order valence-electron chi connectivity index (χ4n) is 2.86. The van der Waals surface area contributed by atoms with Crippen molar-refractivity contribution in [1.29, 1.82) is 0 Å². The van der Waals surface area contributed by atoms with Crippen molar-refractivity contribution in [3.05, 3.63) is 45.1 Å². The molecule has 1 aromatic heterocycles. The summed E-state index contributed by atoms with van der Waals surface area (Å²) >= 11 is 1.47. The molecule has 1 aromatic carbocycles. The van der Waals surface area contributed by atoms with Crippen molar-refractivity contribution in [1.82, 2.24) is 0 Å². The lowest BCUT2D eigenvalue weighted by Crippen LogP contribution is -2.30. The number of methoxy groups -OCH3 is 1. The zero-order valence-electron chi connectivity index (χ0n) is 14.5. The van der Waals surface area contributed by atoms with Gasteiger partial charge in [0.1, 0.15) is 10.6 Å². The Morgan fingerprint density at radius 3 is 2.76 bits per heavy atom. The van der Waals surface area contributed by atoms with Crippen LogP contribution in [-0.4, -0.2) is 25.1 Å². The number of carbonyl (C=O) groups excluding carboxylic acids is 2. The van der Waals surface area contributed by atoms with Crippen molar-refractivity contribution in [2.24, 2.45) is 0 Å². The van der Waals surface area contributed by atoms with Gasteiger partial charge in [-0.25, -0.2) is 4.79 Å². The molecule has 0 saturated heterocycles. The first kappa shape index (κ1) is 17.5. The molecule has 5 nitrogen and oxygen atoms in total. The molecular weight excluding hydrogens is 338 g/mol. The van der Waals surface area contributed by atoms with Crippen molar-refractivity contribution in [3.8, 4) is 5.75 Å². The maximum atomic E-state index is 12.4. The second kappa shape index (κ2) is 7.27. The Morgan fingerprint density at radius 1 is 1.24 bits per heavy atom. The van der Waals surface area contributed by atoms with Crippen LogP contribution in [0.25, 0.3) is 0 Å². The second-order valence-electron chi connectivity index (χ2n) is 6.15. The smallest absolute Gasteiger partial charge is 0.349 e. The van der Waals surface area contributed by atoms with Gasteiger partial charge in [0.05, 0.1) is 12.8 Å². The van der Waals surface area contributed by atoms with E-state index in [1.165, 1.54) is 21.8 Å². The average Bonchev–Trinajstić information content (AvgIpc) is 3.16. The largest absolute Gasteiger partial charge is 0.495 e. The normalized spacial score (nSPS) is 13.9. The molecular formula is C19H21NO4S. The number of rotatable bonds is 5. The molecule has 1 amide bonds. The van der Waals surface area contributed by atoms with Gasteiger partial charge in [-0.1, -0.05) is 6.07 Å². The molecule has 1 heterocycles. The number of fused-ring (bicyclic) bond motifs is 1. The van der Waals surface area contributed by atoms with Crippen molar-refractivity contribution >= 4 is 28.9 Å². The first-order chi connectivity index (χ1) is 12.0. The standard InChI is InChI=1S/C19H21NO4S/c1-11-7-8-15(23-3)14(9-11)20-18(21)12(2)24-19(22)17-10-13-5-4-6-16(13)25-17/h7-10,12H,4-6H2,1-3H3,(H,20,21)/t12-/m1/s1. The lowest BCUT2D eigenvalue weighted by Gasteiger charge is -2.15. The van der Waals surface area contributed by atoms with E-state index in [9.17, 15) is 9.59 Å². The minimum absolute atomic E-state index is 0.388. The van der Waals surface area contributed by atoms with E-state index in [-0.39, 0.29) is 5.91 Å². The van der Waals surface area contributed by atoms with Crippen LogP contribution in [0.3, 0.4) is 0 Å². The van der Waals surface area contributed by atoms with Crippen molar-refractivity contribution in [3.63, 3.8) is 0 Å². The SMILES string of the molecule is COc1ccc(C)cc1NC(=O)[C@@H](C)OC(=O)c1cc2c(s1)CCC2. The number of aryl methyl sites for hydroxylation is 3. The molecule has 0 fully saturated rings. The number of anilines is 1. The van der Waals surface area contributed by atoms with Crippen LogP contribution in [0.2, 0.25) is 0 Å². The van der Waals surface area contributed by atoms with Gasteiger partial charge in [0.25, 0.3) is 5.91 Å². The van der Waals surface area contributed by atoms with Crippen LogP contribution in [0.1, 0.15) is 39.0 Å². The van der Waals surface area contributed by atoms with E-state index in [1.807, 2.05) is 25.1 Å². The van der Waals surface area contributed by atoms with Crippen LogP contribution in [-0.2, 0) is 22.4 Å². The summed E-state index contributed by atoms with van der Waals surface area (Å²) in [4.78, 5) is 26.5. The predicted octanol–water partition coefficient (Wildman–Crippen LogP) is 3.74. The van der Waals surface area contributed by atoms with Gasteiger partial charge < -0.3 is 14.8 Å². The van der Waals surface area contributed by atoms with Crippen LogP contribution in [0.15, 0.2) is 24.3 Å². The molecule has 132 valence electrons. The highest BCUT2D eigenvalue weighted by molar-refractivity contribution is 7.14. The molecule has 1 aliphatic carbocycles. The fraction of sp³-hybridized carbons (Fsp3) is 0.368. The highest BCUT2D eigenvalue weighted by Gasteiger charge is 2.23. The summed E-state index contributed by atoms with van der Waals surface area (Å²) in [6, 6.07) is 7.39. The zero-order valence-corrected chi connectivity index (χ0v) is 15.4. The quantitative estimate of drug-likeness (QED) is 0.826. The minimum atomic E-state index is -0.894. The summed E-state index contributed by atoms with van der Waals surface area (Å²) in [6.07, 6.45) is 2.29. The Morgan fingerprint density at radius 2 is 2.04 bits per heavy atom. The summed E-state index contributed by atoms with van der Waals surface area (Å²) in [5.74, 6) is -0.272. The molecule has 1 aliphatic rings. The number of hydrogen-bond donors (Lipinski definition) is 1. The third-order valence-corrected chi connectivity index (χ3v) is 5.43. The van der Waals surface area contributed by atoms with Crippen LogP contribution < -0.4 is 10.1 Å². The van der Waals surface area contributed by atoms with Gasteiger partial charge in [0.15, 0.2) is 6.10 Å². The van der Waals surface area contributed by atoms with E-state index in [0.717, 1.165) is 24.8 Å². The van der Waals surface area contributed by atoms with Gasteiger partial charge >= 0.3 is 5.97 Å². The molecule has 0 spiro atoms. The number of thiophene rings is 1. The van der Waals surface area contributed by atoms with E-state index in [4.69, 9.17) is 9.47 Å². The Labute approximate surface area is 151 Å². The predicted molar refractivity (Wildman–Crippen MR) is 97.6 cm³/mol. The van der Waals surface area contributed by atoms with Gasteiger partial charge in [0, 0.05) is 4.88 Å². The number of esters is 1. The van der Waals surface area contributed by atoms with Gasteiger partial charge in [-0.05, 0) is 62.4 Å². The Kier molecular flexibility index (Phi) is 5.08. The van der Waals surface area contributed by atoms with E-state index in [1.54, 1.807) is 20.1 Å². The minimum Gasteiger partial charge on any atom is -0.495 e. The molecule has 0 aliphatic heterocycles. The van der Waals surface area contributed by atoms with Crippen LogP contribution >= 0.6 is 11.3 Å². The monoisotopic (exact) mass is 359 g/mol. The first-order valence-electron chi connectivity index (χ1n) is 8.26. The van der Waals surface area contributed by atoms with Crippen molar-refractivity contribution in [2.45, 2.75) is 39.2 Å². The van der Waals surface area contributed by atoms with Crippen molar-refractivity contribution in [2.75, 3.05) is 12.4 Å². The van der Waals surface area contributed by atoms with Crippen LogP contribution in [0.4, 0.5) is 5.69 Å². The lowest BCUT2D eigenvalue weighted by atomic mass is 10.2. The number of carbonyl (C=O) groups is 2. The fourth-order valence-corrected chi connectivity index (χ4v) is 3.99. The maximum absolute atomic E-state index is 12.4. The number of amides is 1. The molecule has 0 bridgehead atoms. The summed E-state index contributed by atoms with van der Waals surface area (Å²) < 4.78 is 10.6. The summed E-state index contributed by atoms with van der Waals surface area (Å²) in [5, 5.41) is 2.76. The number of hydrogen-bond acceptors (Lipinski definition) is 5. The summed E-state index contributed by atoms with van der Waals surface area (Å²) in [6.45, 7) is 3.49. The van der Waals surface area contributed by atoms with Crippen LogP contribution in [0.5, 0.6) is 5.75 Å². The second-order valence-corrected chi connectivity index (χ2v) is 7.29. The Balaban J connectivity index is 1.64.